The number of halogens is 1. The number of rotatable bonds is 4. The van der Waals surface area contributed by atoms with Crippen LogP contribution in [0.4, 0.5) is 0 Å². The number of sulfonamides is 1. The molecule has 0 aliphatic rings. The van der Waals surface area contributed by atoms with Gasteiger partial charge in [-0.05, 0) is 18.2 Å². The van der Waals surface area contributed by atoms with E-state index in [1.807, 2.05) is 7.05 Å². The van der Waals surface area contributed by atoms with Gasteiger partial charge in [0.2, 0.25) is 10.0 Å². The van der Waals surface area contributed by atoms with E-state index in [4.69, 9.17) is 9.88 Å². The largest absolute Gasteiger partial charge is 0.484 e. The molecule has 0 atom stereocenters. The molecule has 2 rings (SSSR count). The van der Waals surface area contributed by atoms with Crippen molar-refractivity contribution in [3.63, 3.8) is 0 Å². The van der Waals surface area contributed by atoms with Gasteiger partial charge in [-0.2, -0.15) is 0 Å². The summed E-state index contributed by atoms with van der Waals surface area (Å²) in [7, 11) is -2.01. The van der Waals surface area contributed by atoms with Crippen molar-refractivity contribution in [2.24, 2.45) is 12.2 Å². The molecule has 0 unspecified atom stereocenters. The van der Waals surface area contributed by atoms with Gasteiger partial charge in [-0.1, -0.05) is 15.9 Å². The molecule has 6 nitrogen and oxygen atoms in total. The van der Waals surface area contributed by atoms with Crippen LogP contribution in [0.25, 0.3) is 0 Å². The highest BCUT2D eigenvalue weighted by molar-refractivity contribution is 9.10. The van der Waals surface area contributed by atoms with Crippen molar-refractivity contribution < 1.29 is 13.2 Å². The van der Waals surface area contributed by atoms with E-state index in [9.17, 15) is 8.42 Å². The minimum Gasteiger partial charge on any atom is -0.484 e. The van der Waals surface area contributed by atoms with E-state index < -0.39 is 10.0 Å². The number of hydrogen-bond acceptors (Lipinski definition) is 4. The first-order valence-corrected chi connectivity index (χ1v) is 7.63. The van der Waals surface area contributed by atoms with Crippen LogP contribution in [0.3, 0.4) is 0 Å². The first-order valence-electron chi connectivity index (χ1n) is 5.29. The Balaban J connectivity index is 2.28. The lowest BCUT2D eigenvalue weighted by atomic mass is 10.3. The molecule has 102 valence electrons. The van der Waals surface area contributed by atoms with Gasteiger partial charge in [-0.3, -0.25) is 0 Å². The number of benzene rings is 1. The number of imidazole rings is 1. The molecule has 1 aromatic heterocycles. The molecule has 0 saturated carbocycles. The van der Waals surface area contributed by atoms with Crippen LogP contribution in [0.2, 0.25) is 0 Å². The minimum absolute atomic E-state index is 0.0592. The molecule has 8 heteroatoms. The molecule has 0 amide bonds. The average Bonchev–Trinajstić information content (AvgIpc) is 2.72. The van der Waals surface area contributed by atoms with E-state index in [2.05, 4.69) is 20.9 Å². The molecule has 0 bridgehead atoms. The third kappa shape index (κ3) is 3.34. The molecule has 0 aliphatic carbocycles. The smallest absolute Gasteiger partial charge is 0.241 e. The zero-order valence-electron chi connectivity index (χ0n) is 10.1. The third-order valence-corrected chi connectivity index (χ3v) is 3.92. The summed E-state index contributed by atoms with van der Waals surface area (Å²) in [5.74, 6) is 0.886. The second-order valence-corrected chi connectivity index (χ2v) is 6.32. The van der Waals surface area contributed by atoms with Crippen molar-refractivity contribution in [2.75, 3.05) is 0 Å². The van der Waals surface area contributed by atoms with Crippen LogP contribution >= 0.6 is 15.9 Å². The first kappa shape index (κ1) is 14.0. The van der Waals surface area contributed by atoms with Gasteiger partial charge >= 0.3 is 0 Å². The van der Waals surface area contributed by atoms with Crippen LogP contribution < -0.4 is 9.88 Å². The molecule has 1 aromatic carbocycles. The summed E-state index contributed by atoms with van der Waals surface area (Å²) >= 11 is 3.20. The van der Waals surface area contributed by atoms with Gasteiger partial charge in [0.05, 0.1) is 0 Å². The Labute approximate surface area is 119 Å². The van der Waals surface area contributed by atoms with E-state index in [0.717, 1.165) is 0 Å². The quantitative estimate of drug-likeness (QED) is 0.907. The highest BCUT2D eigenvalue weighted by Gasteiger charge is 2.16. The predicted octanol–water partition coefficient (Wildman–Crippen LogP) is 1.41. The lowest BCUT2D eigenvalue weighted by molar-refractivity contribution is 0.284. The van der Waals surface area contributed by atoms with Crippen molar-refractivity contribution in [1.82, 2.24) is 9.55 Å². The number of nitrogens with two attached hydrogens (primary N) is 1. The average molecular weight is 346 g/mol. The SMILES string of the molecule is Cn1ccnc1COc1ccc(Br)cc1S(N)(=O)=O. The maximum atomic E-state index is 11.5. The molecule has 0 saturated heterocycles. The summed E-state index contributed by atoms with van der Waals surface area (Å²) < 4.78 is 30.9. The number of hydrogen-bond donors (Lipinski definition) is 1. The molecule has 2 N–H and O–H groups in total. The molecule has 19 heavy (non-hydrogen) atoms. The monoisotopic (exact) mass is 345 g/mol. The summed E-state index contributed by atoms with van der Waals surface area (Å²) in [6, 6.07) is 4.64. The van der Waals surface area contributed by atoms with E-state index in [1.54, 1.807) is 29.1 Å². The topological polar surface area (TPSA) is 87.2 Å². The minimum atomic E-state index is -3.84. The van der Waals surface area contributed by atoms with Crippen LogP contribution in [-0.2, 0) is 23.7 Å². The summed E-state index contributed by atoms with van der Waals surface area (Å²) in [5.41, 5.74) is 0. The maximum absolute atomic E-state index is 11.5. The summed E-state index contributed by atoms with van der Waals surface area (Å²) in [4.78, 5) is 4.03. The third-order valence-electron chi connectivity index (χ3n) is 2.49. The van der Waals surface area contributed by atoms with Gasteiger partial charge in [0, 0.05) is 23.9 Å². The van der Waals surface area contributed by atoms with E-state index in [-0.39, 0.29) is 17.3 Å². The first-order chi connectivity index (χ1) is 8.88. The van der Waals surface area contributed by atoms with Crippen molar-refractivity contribution in [2.45, 2.75) is 11.5 Å². The van der Waals surface area contributed by atoms with E-state index in [0.29, 0.717) is 10.3 Å². The van der Waals surface area contributed by atoms with Crippen molar-refractivity contribution in [3.8, 4) is 5.75 Å². The number of aromatic nitrogens is 2. The molecule has 2 aromatic rings. The van der Waals surface area contributed by atoms with E-state index in [1.165, 1.54) is 6.07 Å². The predicted molar refractivity (Wildman–Crippen MR) is 73.1 cm³/mol. The van der Waals surface area contributed by atoms with Crippen molar-refractivity contribution >= 4 is 26.0 Å². The fraction of sp³-hybridized carbons (Fsp3) is 0.182. The van der Waals surface area contributed by atoms with Crippen LogP contribution in [0.15, 0.2) is 40.0 Å². The number of ether oxygens (including phenoxy) is 1. The Morgan fingerprint density at radius 1 is 1.47 bits per heavy atom. The molecular formula is C11H12BrN3O3S. The Bertz CT molecular complexity index is 697. The lowest BCUT2D eigenvalue weighted by Gasteiger charge is -2.10. The fourth-order valence-electron chi connectivity index (χ4n) is 1.50. The van der Waals surface area contributed by atoms with Crippen LogP contribution in [0, 0.1) is 0 Å². The molecule has 1 heterocycles. The van der Waals surface area contributed by atoms with Crippen LogP contribution in [0.1, 0.15) is 5.82 Å². The molecule has 0 radical (unpaired) electrons. The summed E-state index contributed by atoms with van der Waals surface area (Å²) in [6.07, 6.45) is 3.42. The van der Waals surface area contributed by atoms with Crippen molar-refractivity contribution in [1.29, 1.82) is 0 Å². The summed E-state index contributed by atoms with van der Waals surface area (Å²) in [5, 5.41) is 5.16. The second-order valence-electron chi connectivity index (χ2n) is 3.88. The van der Waals surface area contributed by atoms with Crippen LogP contribution in [0.5, 0.6) is 5.75 Å². The Morgan fingerprint density at radius 3 is 2.79 bits per heavy atom. The molecular weight excluding hydrogens is 334 g/mol. The van der Waals surface area contributed by atoms with Gasteiger partial charge in [-0.15, -0.1) is 0 Å². The molecule has 0 aliphatic heterocycles. The van der Waals surface area contributed by atoms with Gasteiger partial charge < -0.3 is 9.30 Å². The second kappa shape index (κ2) is 5.32. The van der Waals surface area contributed by atoms with Crippen LogP contribution in [-0.4, -0.2) is 18.0 Å². The lowest BCUT2D eigenvalue weighted by Crippen LogP contribution is -2.14. The molecule has 0 spiro atoms. The van der Waals surface area contributed by atoms with Gasteiger partial charge in [-0.25, -0.2) is 18.5 Å². The number of aryl methyl sites for hydroxylation is 1. The highest BCUT2D eigenvalue weighted by atomic mass is 79.9. The fourth-order valence-corrected chi connectivity index (χ4v) is 2.71. The summed E-state index contributed by atoms with van der Waals surface area (Å²) in [6.45, 7) is 0.160. The highest BCUT2D eigenvalue weighted by Crippen LogP contribution is 2.27. The zero-order valence-corrected chi connectivity index (χ0v) is 12.5. The number of nitrogens with zero attached hydrogens (tertiary/aromatic N) is 2. The Morgan fingerprint density at radius 2 is 2.21 bits per heavy atom. The normalized spacial score (nSPS) is 11.5. The van der Waals surface area contributed by atoms with Gasteiger partial charge in [0.25, 0.3) is 0 Å². The zero-order chi connectivity index (χ0) is 14.0. The molecule has 0 fully saturated rings. The Hall–Kier alpha value is -1.38. The maximum Gasteiger partial charge on any atom is 0.241 e. The van der Waals surface area contributed by atoms with Gasteiger partial charge in [0.1, 0.15) is 23.1 Å². The van der Waals surface area contributed by atoms with Crippen molar-refractivity contribution in [3.05, 3.63) is 40.9 Å². The number of primary sulfonamides is 1. The Kier molecular flexibility index (Phi) is 3.93. The standard InChI is InChI=1S/C11H12BrN3O3S/c1-15-5-4-14-11(15)7-18-9-3-2-8(12)6-10(9)19(13,16)17/h2-6H,7H2,1H3,(H2,13,16,17). The van der Waals surface area contributed by atoms with E-state index >= 15 is 0 Å². The van der Waals surface area contributed by atoms with Gasteiger partial charge in [0.15, 0.2) is 0 Å².